The Kier molecular flexibility index (Phi) is 3.81. The van der Waals surface area contributed by atoms with Crippen LogP contribution in [0.25, 0.3) is 10.9 Å². The number of rotatable bonds is 3. The van der Waals surface area contributed by atoms with Crippen LogP contribution in [-0.4, -0.2) is 16.5 Å². The number of anilines is 1. The third-order valence-electron chi connectivity index (χ3n) is 2.80. The van der Waals surface area contributed by atoms with Gasteiger partial charge in [0.15, 0.2) is 0 Å². The number of hydrogen-bond acceptors (Lipinski definition) is 4. The molecule has 0 aliphatic heterocycles. The van der Waals surface area contributed by atoms with Crippen LogP contribution in [0.4, 0.5) is 11.4 Å². The molecule has 106 valence electrons. The number of nitrogens with zero attached hydrogens (tertiary/aromatic N) is 2. The minimum atomic E-state index is -0.493. The van der Waals surface area contributed by atoms with Crippen molar-refractivity contribution >= 4 is 33.9 Å². The van der Waals surface area contributed by atoms with Crippen molar-refractivity contribution in [2.45, 2.75) is 20.8 Å². The Bertz CT molecular complexity index is 665. The van der Waals surface area contributed by atoms with Crippen LogP contribution in [0.5, 0.6) is 0 Å². The number of pyridine rings is 1. The predicted octanol–water partition coefficient (Wildman–Crippen LogP) is 4.25. The van der Waals surface area contributed by atoms with Crippen molar-refractivity contribution in [1.82, 2.24) is 4.98 Å². The van der Waals surface area contributed by atoms with Gasteiger partial charge in [0.2, 0.25) is 5.15 Å². The zero-order valence-electron chi connectivity index (χ0n) is 11.6. The third-order valence-corrected chi connectivity index (χ3v) is 3.07. The van der Waals surface area contributed by atoms with Crippen molar-refractivity contribution in [3.63, 3.8) is 0 Å². The number of aromatic nitrogens is 1. The molecule has 0 spiro atoms. The summed E-state index contributed by atoms with van der Waals surface area (Å²) in [5.41, 5.74) is 0.889. The van der Waals surface area contributed by atoms with Crippen LogP contribution in [0.2, 0.25) is 5.15 Å². The number of nitrogens with one attached hydrogen (secondary N) is 1. The first-order chi connectivity index (χ1) is 9.29. The van der Waals surface area contributed by atoms with E-state index >= 15 is 0 Å². The van der Waals surface area contributed by atoms with Crippen molar-refractivity contribution in [3.05, 3.63) is 39.5 Å². The molecule has 0 amide bonds. The Labute approximate surface area is 122 Å². The molecule has 2 rings (SSSR count). The maximum Gasteiger partial charge on any atom is 0.329 e. The molecule has 20 heavy (non-hydrogen) atoms. The first kappa shape index (κ1) is 14.5. The summed E-state index contributed by atoms with van der Waals surface area (Å²) in [6.45, 7) is 6.75. The molecule has 1 aromatic heterocycles. The largest absolute Gasteiger partial charge is 0.378 e. The van der Waals surface area contributed by atoms with Crippen LogP contribution in [0.3, 0.4) is 0 Å². The van der Waals surface area contributed by atoms with Gasteiger partial charge >= 0.3 is 5.69 Å². The van der Waals surface area contributed by atoms with Gasteiger partial charge in [0.05, 0.1) is 10.4 Å². The van der Waals surface area contributed by atoms with Crippen LogP contribution in [-0.2, 0) is 0 Å². The van der Waals surface area contributed by atoms with E-state index in [0.717, 1.165) is 0 Å². The zero-order valence-corrected chi connectivity index (χ0v) is 12.4. The molecule has 0 aliphatic rings. The first-order valence-electron chi connectivity index (χ1n) is 6.26. The minimum Gasteiger partial charge on any atom is -0.378 e. The van der Waals surface area contributed by atoms with E-state index in [4.69, 9.17) is 11.6 Å². The lowest BCUT2D eigenvalue weighted by Crippen LogP contribution is -2.20. The Morgan fingerprint density at radius 1 is 1.35 bits per heavy atom. The van der Waals surface area contributed by atoms with E-state index in [1.54, 1.807) is 12.1 Å². The van der Waals surface area contributed by atoms with Crippen molar-refractivity contribution in [2.24, 2.45) is 5.41 Å². The highest BCUT2D eigenvalue weighted by atomic mass is 35.5. The molecule has 5 nitrogen and oxygen atoms in total. The highest BCUT2D eigenvalue weighted by Gasteiger charge is 2.24. The number of halogens is 1. The van der Waals surface area contributed by atoms with E-state index < -0.39 is 4.92 Å². The molecule has 0 saturated heterocycles. The molecule has 0 atom stereocenters. The van der Waals surface area contributed by atoms with Gasteiger partial charge in [-0.2, -0.15) is 0 Å². The number of benzene rings is 1. The molecule has 0 bridgehead atoms. The summed E-state index contributed by atoms with van der Waals surface area (Å²) in [5.74, 6) is 0. The molecular formula is C14H16ClN3O2. The summed E-state index contributed by atoms with van der Waals surface area (Å²) < 4.78 is 0. The van der Waals surface area contributed by atoms with Crippen LogP contribution in [0, 0.1) is 15.5 Å². The van der Waals surface area contributed by atoms with E-state index in [-0.39, 0.29) is 16.3 Å². The smallest absolute Gasteiger partial charge is 0.329 e. The van der Waals surface area contributed by atoms with Gasteiger partial charge in [0, 0.05) is 11.9 Å². The van der Waals surface area contributed by atoms with E-state index in [2.05, 4.69) is 31.1 Å². The SMILES string of the molecule is CC(C)(C)CNc1c([N+](=O)[O-])c(Cl)nc2ccccc12. The van der Waals surface area contributed by atoms with E-state index in [0.29, 0.717) is 23.1 Å². The highest BCUT2D eigenvalue weighted by Crippen LogP contribution is 2.37. The van der Waals surface area contributed by atoms with E-state index in [1.807, 2.05) is 12.1 Å². The van der Waals surface area contributed by atoms with Crippen LogP contribution >= 0.6 is 11.6 Å². The number of para-hydroxylation sites is 1. The summed E-state index contributed by atoms with van der Waals surface area (Å²) in [6.07, 6.45) is 0. The van der Waals surface area contributed by atoms with Gasteiger partial charge < -0.3 is 5.32 Å². The van der Waals surface area contributed by atoms with Crippen molar-refractivity contribution in [1.29, 1.82) is 0 Å². The standard InChI is InChI=1S/C14H16ClN3O2/c1-14(2,3)8-16-11-9-6-4-5-7-10(9)17-13(15)12(11)18(19)20/h4-7H,8H2,1-3H3,(H,16,17). The molecule has 0 saturated carbocycles. The van der Waals surface area contributed by atoms with Gasteiger partial charge in [-0.15, -0.1) is 0 Å². The fourth-order valence-corrected chi connectivity index (χ4v) is 2.13. The molecule has 1 aromatic carbocycles. The molecular weight excluding hydrogens is 278 g/mol. The lowest BCUT2D eigenvalue weighted by atomic mass is 9.96. The third kappa shape index (κ3) is 2.99. The number of nitro groups is 1. The summed E-state index contributed by atoms with van der Waals surface area (Å²) in [7, 11) is 0. The van der Waals surface area contributed by atoms with E-state index in [1.165, 1.54) is 0 Å². The van der Waals surface area contributed by atoms with Gasteiger partial charge in [0.25, 0.3) is 0 Å². The quantitative estimate of drug-likeness (QED) is 0.522. The summed E-state index contributed by atoms with van der Waals surface area (Å²) in [4.78, 5) is 14.8. The van der Waals surface area contributed by atoms with Gasteiger partial charge in [-0.25, -0.2) is 4.98 Å². The van der Waals surface area contributed by atoms with Crippen LogP contribution < -0.4 is 5.32 Å². The van der Waals surface area contributed by atoms with Crippen LogP contribution in [0.15, 0.2) is 24.3 Å². The second-order valence-electron chi connectivity index (χ2n) is 5.81. The molecule has 0 radical (unpaired) electrons. The molecule has 0 aliphatic carbocycles. The maximum absolute atomic E-state index is 11.3. The first-order valence-corrected chi connectivity index (χ1v) is 6.64. The summed E-state index contributed by atoms with van der Waals surface area (Å²) in [6, 6.07) is 7.23. The van der Waals surface area contributed by atoms with Gasteiger partial charge in [-0.05, 0) is 11.5 Å². The Morgan fingerprint density at radius 3 is 2.60 bits per heavy atom. The number of hydrogen-bond donors (Lipinski definition) is 1. The monoisotopic (exact) mass is 293 g/mol. The Hall–Kier alpha value is -1.88. The molecule has 2 aromatic rings. The molecule has 0 fully saturated rings. The minimum absolute atomic E-state index is 0.00921. The average molecular weight is 294 g/mol. The molecule has 1 N–H and O–H groups in total. The van der Waals surface area contributed by atoms with Crippen molar-refractivity contribution < 1.29 is 4.92 Å². The normalized spacial score (nSPS) is 11.6. The average Bonchev–Trinajstić information content (AvgIpc) is 2.33. The number of fused-ring (bicyclic) bond motifs is 1. The molecule has 1 heterocycles. The van der Waals surface area contributed by atoms with E-state index in [9.17, 15) is 10.1 Å². The molecule has 0 unspecified atom stereocenters. The maximum atomic E-state index is 11.3. The van der Waals surface area contributed by atoms with Gasteiger partial charge in [-0.1, -0.05) is 50.6 Å². The fraction of sp³-hybridized carbons (Fsp3) is 0.357. The summed E-state index contributed by atoms with van der Waals surface area (Å²) >= 11 is 5.96. The zero-order chi connectivity index (χ0) is 14.9. The van der Waals surface area contributed by atoms with Gasteiger partial charge in [0.1, 0.15) is 5.69 Å². The van der Waals surface area contributed by atoms with Crippen molar-refractivity contribution in [3.8, 4) is 0 Å². The fourth-order valence-electron chi connectivity index (χ4n) is 1.87. The van der Waals surface area contributed by atoms with Gasteiger partial charge in [-0.3, -0.25) is 10.1 Å². The second-order valence-corrected chi connectivity index (χ2v) is 6.17. The lowest BCUT2D eigenvalue weighted by molar-refractivity contribution is -0.384. The Balaban J connectivity index is 2.63. The van der Waals surface area contributed by atoms with Crippen LogP contribution in [0.1, 0.15) is 20.8 Å². The topological polar surface area (TPSA) is 68.1 Å². The Morgan fingerprint density at radius 2 is 2.00 bits per heavy atom. The second kappa shape index (κ2) is 5.25. The summed E-state index contributed by atoms with van der Waals surface area (Å²) in [5, 5.41) is 15.0. The highest BCUT2D eigenvalue weighted by molar-refractivity contribution is 6.33. The van der Waals surface area contributed by atoms with Crippen molar-refractivity contribution in [2.75, 3.05) is 11.9 Å². The lowest BCUT2D eigenvalue weighted by Gasteiger charge is -2.20. The molecule has 6 heteroatoms. The predicted molar refractivity (Wildman–Crippen MR) is 81.4 cm³/mol.